The van der Waals surface area contributed by atoms with Crippen LogP contribution in [0.25, 0.3) is 0 Å². The van der Waals surface area contributed by atoms with Gasteiger partial charge in [0.2, 0.25) is 0 Å². The normalized spacial score (nSPS) is 21.6. The first-order valence-electron chi connectivity index (χ1n) is 8.43. The molecule has 2 N–H and O–H groups in total. The van der Waals surface area contributed by atoms with Gasteiger partial charge in [-0.3, -0.25) is 4.79 Å². The van der Waals surface area contributed by atoms with Crippen molar-refractivity contribution < 1.29 is 38.8 Å². The Bertz CT molecular complexity index is 739. The zero-order chi connectivity index (χ0) is 20.0. The minimum absolute atomic E-state index is 0.0465. The van der Waals surface area contributed by atoms with Crippen molar-refractivity contribution >= 4 is 18.2 Å². The molecule has 0 aliphatic carbocycles. The second kappa shape index (κ2) is 9.07. The highest BCUT2D eigenvalue weighted by atomic mass is 16.5. The number of aldehydes is 1. The number of hydrogen-bond donors (Lipinski definition) is 2. The summed E-state index contributed by atoms with van der Waals surface area (Å²) >= 11 is 0. The van der Waals surface area contributed by atoms with E-state index in [0.29, 0.717) is 18.3 Å². The maximum atomic E-state index is 12.2. The average Bonchev–Trinajstić information content (AvgIpc) is 2.64. The zero-order valence-electron chi connectivity index (χ0n) is 15.1. The highest BCUT2D eigenvalue weighted by molar-refractivity contribution is 5.90. The number of esters is 2. The molecule has 0 spiro atoms. The number of methoxy groups -OCH3 is 1. The molecule has 1 aliphatic rings. The summed E-state index contributed by atoms with van der Waals surface area (Å²) in [5, 5.41) is 18.7. The molecule has 146 valence electrons. The molecular formula is C19H22O8. The molecule has 1 aromatic carbocycles. The van der Waals surface area contributed by atoms with Crippen LogP contribution in [0.2, 0.25) is 0 Å². The van der Waals surface area contributed by atoms with Crippen molar-refractivity contribution in [1.82, 2.24) is 0 Å². The summed E-state index contributed by atoms with van der Waals surface area (Å²) in [6.07, 6.45) is 1.58. The van der Waals surface area contributed by atoms with E-state index in [9.17, 15) is 24.6 Å². The summed E-state index contributed by atoms with van der Waals surface area (Å²) in [4.78, 5) is 35.5. The monoisotopic (exact) mass is 378 g/mol. The van der Waals surface area contributed by atoms with E-state index in [1.165, 1.54) is 25.5 Å². The molecule has 2 rings (SSSR count). The van der Waals surface area contributed by atoms with Crippen molar-refractivity contribution in [2.45, 2.75) is 25.9 Å². The summed E-state index contributed by atoms with van der Waals surface area (Å²) in [6, 6.07) is 4.32. The molecule has 1 heterocycles. The number of ether oxygens (including phenoxy) is 3. The molecule has 0 unspecified atom stereocenters. The first-order valence-corrected chi connectivity index (χ1v) is 8.43. The smallest absolute Gasteiger partial charge is 0.337 e. The van der Waals surface area contributed by atoms with Crippen LogP contribution < -0.4 is 0 Å². The van der Waals surface area contributed by atoms with E-state index in [0.717, 1.165) is 0 Å². The molecule has 8 heteroatoms. The molecule has 0 saturated carbocycles. The Kier molecular flexibility index (Phi) is 6.81. The molecule has 0 fully saturated rings. The molecular weight excluding hydrogens is 356 g/mol. The highest BCUT2D eigenvalue weighted by Gasteiger charge is 2.39. The lowest BCUT2D eigenvalue weighted by Gasteiger charge is -2.32. The molecule has 0 saturated heterocycles. The Morgan fingerprint density at radius 2 is 2.00 bits per heavy atom. The summed E-state index contributed by atoms with van der Waals surface area (Å²) < 4.78 is 15.2. The summed E-state index contributed by atoms with van der Waals surface area (Å²) in [5.41, 5.74) is 0.798. The van der Waals surface area contributed by atoms with E-state index in [1.807, 2.05) is 0 Å². The molecule has 27 heavy (non-hydrogen) atoms. The maximum Gasteiger partial charge on any atom is 0.337 e. The van der Waals surface area contributed by atoms with Crippen molar-refractivity contribution in [3.8, 4) is 11.5 Å². The molecule has 0 bridgehead atoms. The number of carbonyl (C=O) groups is 3. The van der Waals surface area contributed by atoms with Gasteiger partial charge < -0.3 is 29.2 Å². The SMILES string of the molecule is COC(=O)C1=CO[C@H](C)[C@@H](C=O)[C@@H]1CC(=O)OCCc1ccc(O)c(O)c1. The Morgan fingerprint density at radius 1 is 1.26 bits per heavy atom. The largest absolute Gasteiger partial charge is 0.504 e. The van der Waals surface area contributed by atoms with Gasteiger partial charge in [0.05, 0.1) is 37.9 Å². The van der Waals surface area contributed by atoms with Gasteiger partial charge in [-0.05, 0) is 24.6 Å². The fourth-order valence-corrected chi connectivity index (χ4v) is 2.91. The number of aromatic hydroxyl groups is 2. The van der Waals surface area contributed by atoms with Gasteiger partial charge in [-0.15, -0.1) is 0 Å². The Morgan fingerprint density at radius 3 is 2.63 bits per heavy atom. The third-order valence-corrected chi connectivity index (χ3v) is 4.47. The molecule has 8 nitrogen and oxygen atoms in total. The van der Waals surface area contributed by atoms with Gasteiger partial charge in [0, 0.05) is 12.3 Å². The van der Waals surface area contributed by atoms with Gasteiger partial charge in [0.25, 0.3) is 0 Å². The lowest BCUT2D eigenvalue weighted by Crippen LogP contribution is -2.37. The fourth-order valence-electron chi connectivity index (χ4n) is 2.91. The number of carbonyl (C=O) groups excluding carboxylic acids is 3. The lowest BCUT2D eigenvalue weighted by atomic mass is 9.80. The van der Waals surface area contributed by atoms with Crippen molar-refractivity contribution in [2.75, 3.05) is 13.7 Å². The minimum atomic E-state index is -0.691. The van der Waals surface area contributed by atoms with Crippen LogP contribution in [0.15, 0.2) is 30.0 Å². The third-order valence-electron chi connectivity index (χ3n) is 4.47. The van der Waals surface area contributed by atoms with Gasteiger partial charge in [-0.1, -0.05) is 6.07 Å². The van der Waals surface area contributed by atoms with Crippen LogP contribution in [0.4, 0.5) is 0 Å². The van der Waals surface area contributed by atoms with E-state index in [2.05, 4.69) is 0 Å². The molecule has 0 radical (unpaired) electrons. The number of rotatable bonds is 7. The van der Waals surface area contributed by atoms with Gasteiger partial charge in [0.1, 0.15) is 12.4 Å². The number of hydrogen-bond acceptors (Lipinski definition) is 8. The van der Waals surface area contributed by atoms with Crippen molar-refractivity contribution in [3.05, 3.63) is 35.6 Å². The number of benzene rings is 1. The lowest BCUT2D eigenvalue weighted by molar-refractivity contribution is -0.146. The second-order valence-electron chi connectivity index (χ2n) is 6.22. The average molecular weight is 378 g/mol. The van der Waals surface area contributed by atoms with Crippen LogP contribution in [0.3, 0.4) is 0 Å². The van der Waals surface area contributed by atoms with E-state index in [4.69, 9.17) is 14.2 Å². The van der Waals surface area contributed by atoms with Crippen LogP contribution >= 0.6 is 0 Å². The topological polar surface area (TPSA) is 119 Å². The van der Waals surface area contributed by atoms with Crippen molar-refractivity contribution in [3.63, 3.8) is 0 Å². The van der Waals surface area contributed by atoms with E-state index in [1.54, 1.807) is 13.0 Å². The number of phenols is 2. The van der Waals surface area contributed by atoms with Gasteiger partial charge in [0.15, 0.2) is 11.5 Å². The van der Waals surface area contributed by atoms with Gasteiger partial charge in [-0.2, -0.15) is 0 Å². The fraction of sp³-hybridized carbons (Fsp3) is 0.421. The third kappa shape index (κ3) is 4.99. The first-order chi connectivity index (χ1) is 12.9. The quantitative estimate of drug-likeness (QED) is 0.416. The maximum absolute atomic E-state index is 12.2. The predicted octanol–water partition coefficient (Wildman–Crippen LogP) is 1.48. The van der Waals surface area contributed by atoms with E-state index in [-0.39, 0.29) is 30.1 Å². The van der Waals surface area contributed by atoms with Crippen molar-refractivity contribution in [1.29, 1.82) is 0 Å². The second-order valence-corrected chi connectivity index (χ2v) is 6.22. The molecule has 0 aromatic heterocycles. The van der Waals surface area contributed by atoms with Gasteiger partial charge >= 0.3 is 11.9 Å². The molecule has 3 atom stereocenters. The minimum Gasteiger partial charge on any atom is -0.504 e. The van der Waals surface area contributed by atoms with Crippen LogP contribution in [-0.4, -0.2) is 48.3 Å². The van der Waals surface area contributed by atoms with Crippen LogP contribution in [0.5, 0.6) is 11.5 Å². The zero-order valence-corrected chi connectivity index (χ0v) is 15.1. The Balaban J connectivity index is 1.97. The number of phenolic OH excluding ortho intramolecular Hbond substituents is 2. The summed E-state index contributed by atoms with van der Waals surface area (Å²) in [6.45, 7) is 1.73. The Labute approximate surface area is 156 Å². The van der Waals surface area contributed by atoms with Gasteiger partial charge in [-0.25, -0.2) is 4.79 Å². The standard InChI is InChI=1S/C19H22O8/c1-11-14(9-20)13(15(10-27-11)19(24)25-2)8-18(23)26-6-5-12-3-4-16(21)17(22)7-12/h3-4,7,9-11,13-14,21-22H,5-6,8H2,1-2H3/t11-,13+,14-/m1/s1. The molecule has 1 aromatic rings. The van der Waals surface area contributed by atoms with Crippen LogP contribution in [-0.2, 0) is 35.0 Å². The summed E-state index contributed by atoms with van der Waals surface area (Å²) in [5.74, 6) is -3.08. The van der Waals surface area contributed by atoms with E-state index < -0.39 is 29.9 Å². The van der Waals surface area contributed by atoms with E-state index >= 15 is 0 Å². The van der Waals surface area contributed by atoms with Crippen molar-refractivity contribution in [2.24, 2.45) is 11.8 Å². The van der Waals surface area contributed by atoms with Crippen LogP contribution in [0.1, 0.15) is 18.9 Å². The molecule has 0 amide bonds. The predicted molar refractivity (Wildman–Crippen MR) is 92.7 cm³/mol. The Hall–Kier alpha value is -3.03. The molecule has 1 aliphatic heterocycles. The van der Waals surface area contributed by atoms with Crippen LogP contribution in [0, 0.1) is 11.8 Å². The summed E-state index contributed by atoms with van der Waals surface area (Å²) in [7, 11) is 1.21. The highest BCUT2D eigenvalue weighted by Crippen LogP contribution is 2.33. The first kappa shape index (κ1) is 20.3.